The molecule has 176 valence electrons. The molecule has 0 saturated carbocycles. The van der Waals surface area contributed by atoms with Gasteiger partial charge in [-0.1, -0.05) is 47.6 Å². The second kappa shape index (κ2) is 11.7. The maximum Gasteiger partial charge on any atom is 0.293 e. The van der Waals surface area contributed by atoms with Crippen LogP contribution in [0.25, 0.3) is 0 Å². The number of rotatable bonds is 13. The SMILES string of the molecule is C[C@H](C[C@H](/C=C\CC(=O)CCO[Si](C)(C)C(C)(C)C)OC=O)O[Si](C)(C)C(C)(C)C. The molecule has 0 saturated heterocycles. The van der Waals surface area contributed by atoms with E-state index in [0.29, 0.717) is 32.3 Å². The molecule has 0 heterocycles. The second-order valence-electron chi connectivity index (χ2n) is 11.2. The molecule has 0 unspecified atom stereocenters. The Bertz CT molecular complexity index is 571. The van der Waals surface area contributed by atoms with Crippen molar-refractivity contribution >= 4 is 28.9 Å². The highest BCUT2D eigenvalue weighted by molar-refractivity contribution is 6.74. The van der Waals surface area contributed by atoms with Crippen LogP contribution in [0, 0.1) is 0 Å². The van der Waals surface area contributed by atoms with Crippen molar-refractivity contribution in [2.45, 2.75) is 116 Å². The number of carbonyl (C=O) groups excluding carboxylic acids is 2. The first-order chi connectivity index (χ1) is 13.4. The summed E-state index contributed by atoms with van der Waals surface area (Å²) >= 11 is 0. The van der Waals surface area contributed by atoms with Crippen LogP contribution in [-0.4, -0.2) is 47.7 Å². The van der Waals surface area contributed by atoms with Gasteiger partial charge in [-0.3, -0.25) is 9.59 Å². The van der Waals surface area contributed by atoms with Crippen molar-refractivity contribution < 1.29 is 23.2 Å². The predicted molar refractivity (Wildman–Crippen MR) is 130 cm³/mol. The molecule has 0 N–H and O–H groups in total. The molecule has 30 heavy (non-hydrogen) atoms. The molecule has 0 fully saturated rings. The van der Waals surface area contributed by atoms with Crippen LogP contribution in [-0.2, 0) is 23.2 Å². The third-order valence-corrected chi connectivity index (χ3v) is 15.6. The highest BCUT2D eigenvalue weighted by Gasteiger charge is 2.39. The van der Waals surface area contributed by atoms with E-state index in [1.165, 1.54) is 0 Å². The normalized spacial score (nSPS) is 15.8. The van der Waals surface area contributed by atoms with E-state index in [0.717, 1.165) is 0 Å². The van der Waals surface area contributed by atoms with Gasteiger partial charge < -0.3 is 13.6 Å². The van der Waals surface area contributed by atoms with E-state index in [1.54, 1.807) is 12.2 Å². The number of hydrogen-bond donors (Lipinski definition) is 0. The van der Waals surface area contributed by atoms with Gasteiger partial charge >= 0.3 is 0 Å². The van der Waals surface area contributed by atoms with Crippen LogP contribution in [0.2, 0.25) is 36.3 Å². The average Bonchev–Trinajstić information content (AvgIpc) is 2.51. The number of ether oxygens (including phenoxy) is 1. The van der Waals surface area contributed by atoms with Crippen molar-refractivity contribution in [1.29, 1.82) is 0 Å². The predicted octanol–water partition coefficient (Wildman–Crippen LogP) is 6.26. The smallest absolute Gasteiger partial charge is 0.293 e. The van der Waals surface area contributed by atoms with Crippen LogP contribution in [0.15, 0.2) is 12.2 Å². The lowest BCUT2D eigenvalue weighted by atomic mass is 10.1. The lowest BCUT2D eigenvalue weighted by Crippen LogP contribution is -2.43. The molecule has 5 nitrogen and oxygen atoms in total. The largest absolute Gasteiger partial charge is 0.460 e. The summed E-state index contributed by atoms with van der Waals surface area (Å²) in [6.07, 6.45) is 4.46. The van der Waals surface area contributed by atoms with Crippen LogP contribution in [0.5, 0.6) is 0 Å². The molecule has 0 amide bonds. The molecule has 0 bridgehead atoms. The van der Waals surface area contributed by atoms with Gasteiger partial charge in [0.25, 0.3) is 6.47 Å². The van der Waals surface area contributed by atoms with E-state index in [-0.39, 0.29) is 22.0 Å². The Labute approximate surface area is 187 Å². The highest BCUT2D eigenvalue weighted by Crippen LogP contribution is 2.38. The number of hydrogen-bond acceptors (Lipinski definition) is 5. The van der Waals surface area contributed by atoms with Crippen LogP contribution in [0.4, 0.5) is 0 Å². The molecular weight excluding hydrogens is 412 g/mol. The first-order valence-electron chi connectivity index (χ1n) is 11.0. The molecule has 0 aliphatic rings. The van der Waals surface area contributed by atoms with Gasteiger partial charge in [-0.05, 0) is 49.3 Å². The highest BCUT2D eigenvalue weighted by atomic mass is 28.4. The molecule has 2 atom stereocenters. The number of Topliss-reactive ketones (excluding diaryl/α,β-unsaturated/α-hetero) is 1. The second-order valence-corrected chi connectivity index (χ2v) is 20.8. The Balaban J connectivity index is 4.60. The summed E-state index contributed by atoms with van der Waals surface area (Å²) in [6, 6.07) is 0. The van der Waals surface area contributed by atoms with Gasteiger partial charge in [0.15, 0.2) is 16.6 Å². The number of allylic oxidation sites excluding steroid dienone is 1. The summed E-state index contributed by atoms with van der Waals surface area (Å²) in [5.41, 5.74) is 0. The molecule has 7 heteroatoms. The average molecular weight is 459 g/mol. The van der Waals surface area contributed by atoms with Gasteiger partial charge in [0.05, 0.1) is 0 Å². The quantitative estimate of drug-likeness (QED) is 0.185. The lowest BCUT2D eigenvalue weighted by Gasteiger charge is -2.38. The fourth-order valence-electron chi connectivity index (χ4n) is 2.40. The minimum absolute atomic E-state index is 0.0332. The molecular formula is C23H46O5Si2. The van der Waals surface area contributed by atoms with Crippen molar-refractivity contribution in [3.63, 3.8) is 0 Å². The molecule has 0 aliphatic carbocycles. The third kappa shape index (κ3) is 10.5. The van der Waals surface area contributed by atoms with Crippen molar-refractivity contribution in [3.05, 3.63) is 12.2 Å². The van der Waals surface area contributed by atoms with E-state index in [9.17, 15) is 9.59 Å². The fraction of sp³-hybridized carbons (Fsp3) is 0.826. The van der Waals surface area contributed by atoms with Gasteiger partial charge in [-0.25, -0.2) is 0 Å². The standard InChI is InChI=1S/C23H46O5Si2/c1-19(28-30(10,11)23(5,6)7)17-21(26-18-24)14-12-13-20(25)15-16-27-29(8,9)22(2,3)4/h12,14,18-19,21H,13,15-17H2,1-11H3/b14-12-/t19-,21+/m1/s1. The monoisotopic (exact) mass is 458 g/mol. The minimum atomic E-state index is -1.88. The molecule has 0 aromatic rings. The zero-order valence-electron chi connectivity index (χ0n) is 21.3. The lowest BCUT2D eigenvalue weighted by molar-refractivity contribution is -0.132. The summed E-state index contributed by atoms with van der Waals surface area (Å²) in [6.45, 7) is 24.9. The summed E-state index contributed by atoms with van der Waals surface area (Å²) < 4.78 is 17.6. The van der Waals surface area contributed by atoms with E-state index in [1.807, 2.05) is 6.92 Å². The summed E-state index contributed by atoms with van der Waals surface area (Å²) in [4.78, 5) is 23.1. The first-order valence-corrected chi connectivity index (χ1v) is 16.8. The minimum Gasteiger partial charge on any atom is -0.460 e. The number of ketones is 1. The third-order valence-electron chi connectivity index (χ3n) is 6.44. The molecule has 0 spiro atoms. The van der Waals surface area contributed by atoms with Crippen LogP contribution < -0.4 is 0 Å². The van der Waals surface area contributed by atoms with E-state index >= 15 is 0 Å². The van der Waals surface area contributed by atoms with Crippen LogP contribution >= 0.6 is 0 Å². The Morgan fingerprint density at radius 1 is 0.967 bits per heavy atom. The maximum absolute atomic E-state index is 12.2. The van der Waals surface area contributed by atoms with Crippen molar-refractivity contribution in [3.8, 4) is 0 Å². The topological polar surface area (TPSA) is 61.8 Å². The Morgan fingerprint density at radius 2 is 1.50 bits per heavy atom. The van der Waals surface area contributed by atoms with Gasteiger partial charge in [0, 0.05) is 32.0 Å². The Kier molecular flexibility index (Phi) is 11.4. The van der Waals surface area contributed by atoms with Crippen LogP contribution in [0.1, 0.15) is 67.7 Å². The Hall–Kier alpha value is -0.766. The van der Waals surface area contributed by atoms with Crippen molar-refractivity contribution in [2.24, 2.45) is 0 Å². The molecule has 0 radical (unpaired) electrons. The van der Waals surface area contributed by atoms with E-state index in [2.05, 4.69) is 67.7 Å². The zero-order chi connectivity index (χ0) is 23.8. The molecule has 0 aromatic carbocycles. The zero-order valence-corrected chi connectivity index (χ0v) is 23.3. The molecule has 0 aromatic heterocycles. The van der Waals surface area contributed by atoms with Gasteiger partial charge in [0.2, 0.25) is 0 Å². The van der Waals surface area contributed by atoms with E-state index in [4.69, 9.17) is 13.6 Å². The molecule has 0 rings (SSSR count). The fourth-order valence-corrected chi connectivity index (χ4v) is 4.90. The summed E-state index contributed by atoms with van der Waals surface area (Å²) in [5, 5.41) is 0.259. The molecule has 0 aliphatic heterocycles. The van der Waals surface area contributed by atoms with Gasteiger partial charge in [-0.15, -0.1) is 0 Å². The number of carbonyl (C=O) groups is 2. The summed E-state index contributed by atoms with van der Waals surface area (Å²) in [5.74, 6) is 0.125. The summed E-state index contributed by atoms with van der Waals surface area (Å²) in [7, 11) is -3.71. The Morgan fingerprint density at radius 3 is 1.97 bits per heavy atom. The van der Waals surface area contributed by atoms with Gasteiger partial charge in [0.1, 0.15) is 11.9 Å². The first kappa shape index (κ1) is 29.2. The van der Waals surface area contributed by atoms with Gasteiger partial charge in [-0.2, -0.15) is 0 Å². The maximum atomic E-state index is 12.2. The van der Waals surface area contributed by atoms with Crippen LogP contribution in [0.3, 0.4) is 0 Å². The van der Waals surface area contributed by atoms with Crippen molar-refractivity contribution in [1.82, 2.24) is 0 Å². The van der Waals surface area contributed by atoms with Crippen molar-refractivity contribution in [2.75, 3.05) is 6.61 Å². The van der Waals surface area contributed by atoms with E-state index < -0.39 is 22.7 Å².